The standard InChI is InChI=1S/C18H29N3O/c1-5-20(6-2)18(22)17(16-9-7-14(3)8-10-16)21-12-11-19-15(4)13-21/h7-10,15,17,19H,5-6,11-13H2,1-4H3. The number of rotatable bonds is 5. The molecule has 1 N–H and O–H groups in total. The highest BCUT2D eigenvalue weighted by molar-refractivity contribution is 5.83. The second-order valence-electron chi connectivity index (χ2n) is 6.17. The van der Waals surface area contributed by atoms with Crippen molar-refractivity contribution in [1.82, 2.24) is 15.1 Å². The fourth-order valence-electron chi connectivity index (χ4n) is 3.16. The third-order valence-electron chi connectivity index (χ3n) is 4.47. The van der Waals surface area contributed by atoms with Crippen molar-refractivity contribution >= 4 is 5.91 Å². The van der Waals surface area contributed by atoms with Gasteiger partial charge in [0.25, 0.3) is 0 Å². The van der Waals surface area contributed by atoms with Crippen LogP contribution in [0.3, 0.4) is 0 Å². The van der Waals surface area contributed by atoms with Crippen LogP contribution in [0.15, 0.2) is 24.3 Å². The topological polar surface area (TPSA) is 35.6 Å². The van der Waals surface area contributed by atoms with E-state index in [0.717, 1.165) is 38.3 Å². The van der Waals surface area contributed by atoms with E-state index < -0.39 is 0 Å². The van der Waals surface area contributed by atoms with Crippen LogP contribution in [0.25, 0.3) is 0 Å². The summed E-state index contributed by atoms with van der Waals surface area (Å²) in [4.78, 5) is 17.3. The molecule has 1 aliphatic heterocycles. The minimum atomic E-state index is -0.162. The zero-order valence-electron chi connectivity index (χ0n) is 14.3. The molecule has 2 unspecified atom stereocenters. The van der Waals surface area contributed by atoms with Gasteiger partial charge in [0.1, 0.15) is 6.04 Å². The van der Waals surface area contributed by atoms with Crippen molar-refractivity contribution in [3.05, 3.63) is 35.4 Å². The summed E-state index contributed by atoms with van der Waals surface area (Å²) in [6.45, 7) is 12.6. The molecule has 4 nitrogen and oxygen atoms in total. The Balaban J connectivity index is 2.31. The Bertz CT molecular complexity index is 482. The highest BCUT2D eigenvalue weighted by Crippen LogP contribution is 2.25. The van der Waals surface area contributed by atoms with Gasteiger partial charge in [-0.3, -0.25) is 9.69 Å². The molecule has 0 saturated carbocycles. The van der Waals surface area contributed by atoms with Crippen molar-refractivity contribution in [1.29, 1.82) is 0 Å². The molecule has 1 aromatic rings. The van der Waals surface area contributed by atoms with E-state index in [9.17, 15) is 4.79 Å². The molecule has 1 fully saturated rings. The Labute approximate surface area is 134 Å². The average molecular weight is 303 g/mol. The first-order valence-corrected chi connectivity index (χ1v) is 8.39. The van der Waals surface area contributed by atoms with Crippen molar-refractivity contribution in [2.24, 2.45) is 0 Å². The molecule has 1 heterocycles. The van der Waals surface area contributed by atoms with Crippen LogP contribution in [0, 0.1) is 6.92 Å². The Kier molecular flexibility index (Phi) is 5.98. The third-order valence-corrected chi connectivity index (χ3v) is 4.47. The van der Waals surface area contributed by atoms with Gasteiger partial charge in [0.15, 0.2) is 0 Å². The molecule has 2 atom stereocenters. The maximum absolute atomic E-state index is 13.1. The molecule has 0 aliphatic carbocycles. The lowest BCUT2D eigenvalue weighted by Gasteiger charge is -2.39. The largest absolute Gasteiger partial charge is 0.342 e. The maximum Gasteiger partial charge on any atom is 0.244 e. The van der Waals surface area contributed by atoms with Gasteiger partial charge in [-0.25, -0.2) is 0 Å². The van der Waals surface area contributed by atoms with Crippen LogP contribution in [-0.2, 0) is 4.79 Å². The molecule has 22 heavy (non-hydrogen) atoms. The summed E-state index contributed by atoms with van der Waals surface area (Å²) in [6, 6.07) is 8.67. The monoisotopic (exact) mass is 303 g/mol. The number of hydrogen-bond donors (Lipinski definition) is 1. The molecule has 1 amide bonds. The Morgan fingerprint density at radius 2 is 1.95 bits per heavy atom. The lowest BCUT2D eigenvalue weighted by atomic mass is 10.0. The summed E-state index contributed by atoms with van der Waals surface area (Å²) < 4.78 is 0. The lowest BCUT2D eigenvalue weighted by Crippen LogP contribution is -2.53. The second kappa shape index (κ2) is 7.75. The fraction of sp³-hybridized carbons (Fsp3) is 0.611. The number of amides is 1. The third kappa shape index (κ3) is 3.87. The van der Waals surface area contributed by atoms with Crippen LogP contribution in [0.5, 0.6) is 0 Å². The zero-order chi connectivity index (χ0) is 16.1. The van der Waals surface area contributed by atoms with E-state index in [1.807, 2.05) is 18.7 Å². The van der Waals surface area contributed by atoms with Crippen LogP contribution in [-0.4, -0.2) is 54.5 Å². The second-order valence-corrected chi connectivity index (χ2v) is 6.17. The van der Waals surface area contributed by atoms with E-state index in [2.05, 4.69) is 48.3 Å². The predicted molar refractivity (Wildman–Crippen MR) is 90.9 cm³/mol. The van der Waals surface area contributed by atoms with Gasteiger partial charge in [-0.2, -0.15) is 0 Å². The van der Waals surface area contributed by atoms with Crippen molar-refractivity contribution in [3.8, 4) is 0 Å². The van der Waals surface area contributed by atoms with Gasteiger partial charge in [-0.1, -0.05) is 29.8 Å². The normalized spacial score (nSPS) is 20.6. The molecule has 0 bridgehead atoms. The smallest absolute Gasteiger partial charge is 0.244 e. The summed E-state index contributed by atoms with van der Waals surface area (Å²) in [5, 5.41) is 3.46. The van der Waals surface area contributed by atoms with Crippen LogP contribution in [0.4, 0.5) is 0 Å². The number of aryl methyl sites for hydroxylation is 1. The minimum Gasteiger partial charge on any atom is -0.342 e. The predicted octanol–water partition coefficient (Wildman–Crippen LogP) is 2.20. The molecule has 1 aliphatic rings. The molecular weight excluding hydrogens is 274 g/mol. The number of carbonyl (C=O) groups excluding carboxylic acids is 1. The van der Waals surface area contributed by atoms with E-state index in [1.165, 1.54) is 5.56 Å². The zero-order valence-corrected chi connectivity index (χ0v) is 14.3. The van der Waals surface area contributed by atoms with Gasteiger partial charge in [0.2, 0.25) is 5.91 Å². The van der Waals surface area contributed by atoms with Gasteiger partial charge in [0, 0.05) is 38.8 Å². The first-order valence-electron chi connectivity index (χ1n) is 8.39. The molecule has 0 aromatic heterocycles. The summed E-state index contributed by atoms with van der Waals surface area (Å²) >= 11 is 0. The van der Waals surface area contributed by atoms with Gasteiger partial charge in [0.05, 0.1) is 0 Å². The number of likely N-dealkylation sites (N-methyl/N-ethyl adjacent to an activating group) is 1. The SMILES string of the molecule is CCN(CC)C(=O)C(c1ccc(C)cc1)N1CCNC(C)C1. The van der Waals surface area contributed by atoms with Crippen LogP contribution in [0.2, 0.25) is 0 Å². The molecule has 4 heteroatoms. The minimum absolute atomic E-state index is 0.162. The quantitative estimate of drug-likeness (QED) is 0.906. The first-order chi connectivity index (χ1) is 10.6. The van der Waals surface area contributed by atoms with Crippen molar-refractivity contribution in [2.45, 2.75) is 39.8 Å². The van der Waals surface area contributed by atoms with Gasteiger partial charge >= 0.3 is 0 Å². The summed E-state index contributed by atoms with van der Waals surface area (Å²) in [5.74, 6) is 0.225. The number of carbonyl (C=O) groups is 1. The van der Waals surface area contributed by atoms with Gasteiger partial charge < -0.3 is 10.2 Å². The molecule has 0 spiro atoms. The highest BCUT2D eigenvalue weighted by Gasteiger charge is 2.32. The van der Waals surface area contributed by atoms with Gasteiger partial charge in [-0.05, 0) is 33.3 Å². The highest BCUT2D eigenvalue weighted by atomic mass is 16.2. The van der Waals surface area contributed by atoms with E-state index in [4.69, 9.17) is 0 Å². The van der Waals surface area contributed by atoms with Gasteiger partial charge in [-0.15, -0.1) is 0 Å². The van der Waals surface area contributed by atoms with Crippen LogP contribution >= 0.6 is 0 Å². The number of nitrogens with one attached hydrogen (secondary N) is 1. The van der Waals surface area contributed by atoms with Crippen molar-refractivity contribution < 1.29 is 4.79 Å². The van der Waals surface area contributed by atoms with Crippen LogP contribution in [0.1, 0.15) is 37.9 Å². The van der Waals surface area contributed by atoms with Crippen molar-refractivity contribution in [3.63, 3.8) is 0 Å². The number of benzene rings is 1. The van der Waals surface area contributed by atoms with E-state index in [-0.39, 0.29) is 11.9 Å². The first kappa shape index (κ1) is 17.0. The number of nitrogens with zero attached hydrogens (tertiary/aromatic N) is 2. The van der Waals surface area contributed by atoms with E-state index >= 15 is 0 Å². The lowest BCUT2D eigenvalue weighted by molar-refractivity contribution is -0.137. The molecule has 0 radical (unpaired) electrons. The summed E-state index contributed by atoms with van der Waals surface area (Å²) in [7, 11) is 0. The van der Waals surface area contributed by atoms with E-state index in [0.29, 0.717) is 6.04 Å². The average Bonchev–Trinajstić information content (AvgIpc) is 2.51. The van der Waals surface area contributed by atoms with E-state index in [1.54, 1.807) is 0 Å². The van der Waals surface area contributed by atoms with Crippen molar-refractivity contribution in [2.75, 3.05) is 32.7 Å². The number of hydrogen-bond acceptors (Lipinski definition) is 3. The molecule has 1 aromatic carbocycles. The Hall–Kier alpha value is -1.39. The Morgan fingerprint density at radius 1 is 1.32 bits per heavy atom. The number of piperazine rings is 1. The maximum atomic E-state index is 13.1. The molecule has 1 saturated heterocycles. The molecule has 2 rings (SSSR count). The summed E-state index contributed by atoms with van der Waals surface area (Å²) in [5.41, 5.74) is 2.34. The molecule has 122 valence electrons. The summed E-state index contributed by atoms with van der Waals surface area (Å²) in [6.07, 6.45) is 0. The van der Waals surface area contributed by atoms with Crippen LogP contribution < -0.4 is 5.32 Å². The molecular formula is C18H29N3O. The Morgan fingerprint density at radius 3 is 2.50 bits per heavy atom. The fourth-order valence-corrected chi connectivity index (χ4v) is 3.16.